The fourth-order valence-electron chi connectivity index (χ4n) is 3.10. The monoisotopic (exact) mass is 345 g/mol. The molecule has 0 aromatic heterocycles. The maximum atomic E-state index is 5.88. The lowest BCUT2D eigenvalue weighted by atomic mass is 10.2. The lowest BCUT2D eigenvalue weighted by Gasteiger charge is -2.36. The summed E-state index contributed by atoms with van der Waals surface area (Å²) in [5.41, 5.74) is 8.57. The van der Waals surface area contributed by atoms with E-state index in [4.69, 9.17) is 5.73 Å². The zero-order chi connectivity index (χ0) is 18.1. The molecule has 5 heteroatoms. The number of rotatable bonds is 8. The second kappa shape index (κ2) is 10.3. The van der Waals surface area contributed by atoms with Crippen molar-refractivity contribution in [3.8, 4) is 0 Å². The van der Waals surface area contributed by atoms with E-state index in [1.807, 2.05) is 0 Å². The highest BCUT2D eigenvalue weighted by atomic mass is 15.3. The largest absolute Gasteiger partial charge is 0.370 e. The number of nitrogens with zero attached hydrogens (tertiary/aromatic N) is 3. The molecule has 0 amide bonds. The Morgan fingerprint density at radius 1 is 1.24 bits per heavy atom. The summed E-state index contributed by atoms with van der Waals surface area (Å²) in [7, 11) is 0. The van der Waals surface area contributed by atoms with Gasteiger partial charge in [-0.3, -0.25) is 9.89 Å². The van der Waals surface area contributed by atoms with Crippen LogP contribution < -0.4 is 16.0 Å². The number of nitrogens with two attached hydrogens (primary N) is 1. The highest BCUT2D eigenvalue weighted by molar-refractivity contribution is 5.78. The normalized spacial score (nSPS) is 17.6. The predicted octanol–water partition coefficient (Wildman–Crippen LogP) is 2.60. The molecule has 25 heavy (non-hydrogen) atoms. The minimum Gasteiger partial charge on any atom is -0.370 e. The van der Waals surface area contributed by atoms with E-state index in [0.29, 0.717) is 12.0 Å². The third-order valence-corrected chi connectivity index (χ3v) is 4.91. The maximum Gasteiger partial charge on any atom is 0.188 e. The number of hydrogen-bond acceptors (Lipinski definition) is 3. The smallest absolute Gasteiger partial charge is 0.188 e. The topological polar surface area (TPSA) is 56.9 Å². The Balaban J connectivity index is 1.60. The van der Waals surface area contributed by atoms with Gasteiger partial charge in [-0.1, -0.05) is 19.1 Å². The zero-order valence-electron chi connectivity index (χ0n) is 16.2. The zero-order valence-corrected chi connectivity index (χ0v) is 16.2. The summed E-state index contributed by atoms with van der Waals surface area (Å²) in [6.45, 7) is 12.9. The van der Waals surface area contributed by atoms with Crippen molar-refractivity contribution in [1.29, 1.82) is 0 Å². The fraction of sp³-hybridized carbons (Fsp3) is 0.650. The number of anilines is 1. The molecule has 1 aliphatic heterocycles. The van der Waals surface area contributed by atoms with Crippen LogP contribution in [0.4, 0.5) is 5.69 Å². The highest BCUT2D eigenvalue weighted by Crippen LogP contribution is 2.17. The van der Waals surface area contributed by atoms with Gasteiger partial charge in [0.25, 0.3) is 0 Å². The molecule has 5 nitrogen and oxygen atoms in total. The number of nitrogens with one attached hydrogen (secondary N) is 1. The molecule has 140 valence electrons. The van der Waals surface area contributed by atoms with E-state index in [2.05, 4.69) is 65.1 Å². The lowest BCUT2D eigenvalue weighted by Crippen LogP contribution is -2.46. The second-order valence-corrected chi connectivity index (χ2v) is 7.10. The summed E-state index contributed by atoms with van der Waals surface area (Å²) in [6.07, 6.45) is 3.34. The molecule has 1 atom stereocenters. The van der Waals surface area contributed by atoms with Gasteiger partial charge >= 0.3 is 0 Å². The molecular formula is C20H35N5. The van der Waals surface area contributed by atoms with E-state index >= 15 is 0 Å². The Morgan fingerprint density at radius 2 is 2.00 bits per heavy atom. The number of hydrogen-bond donors (Lipinski definition) is 2. The number of aryl methyl sites for hydroxylation is 1. The second-order valence-electron chi connectivity index (χ2n) is 7.10. The van der Waals surface area contributed by atoms with E-state index in [1.54, 1.807) is 0 Å². The van der Waals surface area contributed by atoms with Crippen LogP contribution >= 0.6 is 0 Å². The molecule has 1 aliphatic rings. The first kappa shape index (κ1) is 19.6. The minimum absolute atomic E-state index is 0.397. The molecule has 0 saturated carbocycles. The first-order valence-corrected chi connectivity index (χ1v) is 9.69. The number of guanidine groups is 1. The summed E-state index contributed by atoms with van der Waals surface area (Å²) in [6, 6.07) is 9.21. The van der Waals surface area contributed by atoms with Crippen molar-refractivity contribution in [3.63, 3.8) is 0 Å². The van der Waals surface area contributed by atoms with E-state index in [1.165, 1.54) is 17.7 Å². The van der Waals surface area contributed by atoms with Crippen LogP contribution in [0, 0.1) is 6.92 Å². The molecule has 0 aliphatic carbocycles. The SMILES string of the molecule is CCC(C)NC(N)=NCCCCN1CCN(c2cccc(C)c2)CC1. The van der Waals surface area contributed by atoms with Gasteiger partial charge in [0.15, 0.2) is 5.96 Å². The number of aliphatic imine (C=N–C) groups is 1. The van der Waals surface area contributed by atoms with Gasteiger partial charge in [0.2, 0.25) is 0 Å². The molecule has 3 N–H and O–H groups in total. The van der Waals surface area contributed by atoms with Gasteiger partial charge in [0.1, 0.15) is 0 Å². The Bertz CT molecular complexity index is 535. The standard InChI is InChI=1S/C20H35N5/c1-4-18(3)23-20(21)22-10-5-6-11-24-12-14-25(15-13-24)19-9-7-8-17(2)16-19/h7-9,16,18H,4-6,10-15H2,1-3H3,(H3,21,22,23). The van der Waals surface area contributed by atoms with Crippen LogP contribution in [-0.4, -0.2) is 56.2 Å². The van der Waals surface area contributed by atoms with Crippen LogP contribution in [0.2, 0.25) is 0 Å². The molecule has 1 aromatic rings. The molecule has 1 fully saturated rings. The molecule has 0 radical (unpaired) electrons. The first-order valence-electron chi connectivity index (χ1n) is 9.69. The molecule has 0 bridgehead atoms. The predicted molar refractivity (Wildman–Crippen MR) is 108 cm³/mol. The molecule has 1 aromatic carbocycles. The first-order chi connectivity index (χ1) is 12.1. The summed E-state index contributed by atoms with van der Waals surface area (Å²) in [4.78, 5) is 9.47. The molecule has 1 saturated heterocycles. The van der Waals surface area contributed by atoms with Gasteiger partial charge in [0, 0.05) is 44.5 Å². The Labute approximate surface area is 153 Å². The Kier molecular flexibility index (Phi) is 8.06. The van der Waals surface area contributed by atoms with Gasteiger partial charge in [-0.2, -0.15) is 0 Å². The number of piperazine rings is 1. The molecule has 1 heterocycles. The minimum atomic E-state index is 0.397. The van der Waals surface area contributed by atoms with Crippen LogP contribution in [0.25, 0.3) is 0 Å². The molecule has 2 rings (SSSR count). The van der Waals surface area contributed by atoms with Crippen LogP contribution in [0.5, 0.6) is 0 Å². The van der Waals surface area contributed by atoms with Crippen molar-refractivity contribution < 1.29 is 0 Å². The van der Waals surface area contributed by atoms with Crippen molar-refractivity contribution in [2.45, 2.75) is 46.1 Å². The van der Waals surface area contributed by atoms with Crippen molar-refractivity contribution in [3.05, 3.63) is 29.8 Å². The quantitative estimate of drug-likeness (QED) is 0.432. The average molecular weight is 346 g/mol. The van der Waals surface area contributed by atoms with Gasteiger partial charge in [-0.15, -0.1) is 0 Å². The highest BCUT2D eigenvalue weighted by Gasteiger charge is 2.16. The summed E-state index contributed by atoms with van der Waals surface area (Å²) in [5, 5.41) is 3.21. The fourth-order valence-corrected chi connectivity index (χ4v) is 3.10. The van der Waals surface area contributed by atoms with E-state index in [9.17, 15) is 0 Å². The summed E-state index contributed by atoms with van der Waals surface area (Å²) >= 11 is 0. The number of unbranched alkanes of at least 4 members (excludes halogenated alkanes) is 1. The number of benzene rings is 1. The van der Waals surface area contributed by atoms with Gasteiger partial charge < -0.3 is 16.0 Å². The van der Waals surface area contributed by atoms with Crippen molar-refractivity contribution in [1.82, 2.24) is 10.2 Å². The van der Waals surface area contributed by atoms with Crippen LogP contribution in [0.1, 0.15) is 38.7 Å². The third kappa shape index (κ3) is 6.94. The van der Waals surface area contributed by atoms with E-state index in [0.717, 1.165) is 52.1 Å². The van der Waals surface area contributed by atoms with Crippen LogP contribution in [0.3, 0.4) is 0 Å². The van der Waals surface area contributed by atoms with Gasteiger partial charge in [-0.25, -0.2) is 0 Å². The van der Waals surface area contributed by atoms with E-state index in [-0.39, 0.29) is 0 Å². The van der Waals surface area contributed by atoms with Crippen molar-refractivity contribution in [2.75, 3.05) is 44.2 Å². The maximum absolute atomic E-state index is 5.88. The molecule has 0 spiro atoms. The van der Waals surface area contributed by atoms with Crippen LogP contribution in [0.15, 0.2) is 29.3 Å². The Morgan fingerprint density at radius 3 is 2.68 bits per heavy atom. The van der Waals surface area contributed by atoms with Crippen LogP contribution in [-0.2, 0) is 0 Å². The lowest BCUT2D eigenvalue weighted by molar-refractivity contribution is 0.253. The van der Waals surface area contributed by atoms with Gasteiger partial charge in [0.05, 0.1) is 0 Å². The van der Waals surface area contributed by atoms with Gasteiger partial charge in [-0.05, 0) is 57.4 Å². The summed E-state index contributed by atoms with van der Waals surface area (Å²) in [5.74, 6) is 0.584. The Hall–Kier alpha value is -1.75. The summed E-state index contributed by atoms with van der Waals surface area (Å²) < 4.78 is 0. The van der Waals surface area contributed by atoms with Crippen molar-refractivity contribution >= 4 is 11.6 Å². The third-order valence-electron chi connectivity index (χ3n) is 4.91. The molecular weight excluding hydrogens is 310 g/mol. The van der Waals surface area contributed by atoms with E-state index < -0.39 is 0 Å². The molecule has 1 unspecified atom stereocenters. The van der Waals surface area contributed by atoms with Crippen molar-refractivity contribution in [2.24, 2.45) is 10.7 Å². The average Bonchev–Trinajstić information content (AvgIpc) is 2.62.